The zero-order valence-corrected chi connectivity index (χ0v) is 13.0. The second-order valence-corrected chi connectivity index (χ2v) is 5.52. The molecule has 0 aromatic carbocycles. The maximum Gasteiger partial charge on any atom is 0.191 e. The lowest BCUT2D eigenvalue weighted by Crippen LogP contribution is -2.47. The van der Waals surface area contributed by atoms with Crippen molar-refractivity contribution >= 4 is 5.96 Å². The fourth-order valence-electron chi connectivity index (χ4n) is 2.80. The molecule has 2 aliphatic rings. The highest BCUT2D eigenvalue weighted by molar-refractivity contribution is 5.79. The molecule has 2 atom stereocenters. The molecule has 2 aliphatic heterocycles. The lowest BCUT2D eigenvalue weighted by molar-refractivity contribution is -0.0432. The minimum absolute atomic E-state index is 0.198. The molecule has 2 N–H and O–H groups in total. The van der Waals surface area contributed by atoms with Crippen LogP contribution in [0.5, 0.6) is 0 Å². The van der Waals surface area contributed by atoms with Crippen LogP contribution in [0.1, 0.15) is 12.8 Å². The quantitative estimate of drug-likeness (QED) is 0.305. The van der Waals surface area contributed by atoms with Crippen molar-refractivity contribution in [3.63, 3.8) is 0 Å². The van der Waals surface area contributed by atoms with Gasteiger partial charge in [-0.25, -0.2) is 0 Å². The van der Waals surface area contributed by atoms with E-state index in [-0.39, 0.29) is 6.10 Å². The van der Waals surface area contributed by atoms with E-state index in [0.29, 0.717) is 25.7 Å². The van der Waals surface area contributed by atoms with E-state index in [9.17, 15) is 0 Å². The van der Waals surface area contributed by atoms with Crippen molar-refractivity contribution in [2.24, 2.45) is 4.99 Å². The topological polar surface area (TPSA) is 58.1 Å². The lowest BCUT2D eigenvalue weighted by Gasteiger charge is -2.34. The molecule has 6 nitrogen and oxygen atoms in total. The summed E-state index contributed by atoms with van der Waals surface area (Å²) >= 11 is 0. The number of hydrogen-bond donors (Lipinski definition) is 2. The van der Waals surface area contributed by atoms with Crippen molar-refractivity contribution in [2.45, 2.75) is 25.0 Å². The highest BCUT2D eigenvalue weighted by Gasteiger charge is 2.31. The van der Waals surface area contributed by atoms with Crippen LogP contribution in [-0.4, -0.2) is 76.1 Å². The minimum Gasteiger partial charge on any atom is -0.383 e. The van der Waals surface area contributed by atoms with Gasteiger partial charge in [0.15, 0.2) is 5.96 Å². The van der Waals surface area contributed by atoms with Crippen LogP contribution in [-0.2, 0) is 9.47 Å². The number of morpholine rings is 1. The molecule has 0 saturated carbocycles. The van der Waals surface area contributed by atoms with Crippen LogP contribution in [0.3, 0.4) is 0 Å². The number of ether oxygens (including phenoxy) is 2. The van der Waals surface area contributed by atoms with E-state index in [1.807, 2.05) is 6.08 Å². The van der Waals surface area contributed by atoms with Crippen LogP contribution in [0.25, 0.3) is 0 Å². The van der Waals surface area contributed by atoms with Gasteiger partial charge in [-0.3, -0.25) is 9.89 Å². The lowest BCUT2D eigenvalue weighted by atomic mass is 10.2. The normalized spacial score (nSPS) is 26.4. The SMILES string of the molecule is C=CCNC(=NC[C@@H]1CN2CCC[C@H]2CO1)NCCOC. The summed E-state index contributed by atoms with van der Waals surface area (Å²) < 4.78 is 11.0. The van der Waals surface area contributed by atoms with Gasteiger partial charge in [0.05, 0.1) is 25.9 Å². The number of methoxy groups -OCH3 is 1. The minimum atomic E-state index is 0.198. The van der Waals surface area contributed by atoms with Gasteiger partial charge in [-0.1, -0.05) is 6.08 Å². The van der Waals surface area contributed by atoms with Crippen molar-refractivity contribution in [2.75, 3.05) is 53.0 Å². The van der Waals surface area contributed by atoms with Crippen molar-refractivity contribution in [3.8, 4) is 0 Å². The monoisotopic (exact) mass is 296 g/mol. The summed E-state index contributed by atoms with van der Waals surface area (Å²) in [6.45, 7) is 9.55. The van der Waals surface area contributed by atoms with Crippen LogP contribution >= 0.6 is 0 Å². The van der Waals surface area contributed by atoms with E-state index < -0.39 is 0 Å². The molecule has 6 heteroatoms. The molecule has 0 aromatic heterocycles. The van der Waals surface area contributed by atoms with Gasteiger partial charge >= 0.3 is 0 Å². The molecule has 0 bridgehead atoms. The standard InChI is InChI=1S/C15H28N4O2/c1-3-6-16-15(17-7-9-20-2)18-10-14-11-19-8-4-5-13(19)12-21-14/h3,13-14H,1,4-12H2,2H3,(H2,16,17,18)/t13-,14+/m0/s1. The average Bonchev–Trinajstić information content (AvgIpc) is 2.97. The predicted molar refractivity (Wildman–Crippen MR) is 84.7 cm³/mol. The number of nitrogens with one attached hydrogen (secondary N) is 2. The zero-order chi connectivity index (χ0) is 14.9. The van der Waals surface area contributed by atoms with Gasteiger partial charge in [0.2, 0.25) is 0 Å². The zero-order valence-electron chi connectivity index (χ0n) is 13.0. The first-order valence-corrected chi connectivity index (χ1v) is 7.81. The van der Waals surface area contributed by atoms with Gasteiger partial charge in [0, 0.05) is 32.8 Å². The Bertz CT molecular complexity index is 349. The molecule has 2 rings (SSSR count). The van der Waals surface area contributed by atoms with Gasteiger partial charge in [-0.05, 0) is 19.4 Å². The molecule has 2 fully saturated rings. The Hall–Kier alpha value is -1.11. The molecule has 0 amide bonds. The van der Waals surface area contributed by atoms with E-state index in [2.05, 4.69) is 27.1 Å². The van der Waals surface area contributed by atoms with E-state index in [4.69, 9.17) is 9.47 Å². The molecular formula is C15H28N4O2. The summed E-state index contributed by atoms with van der Waals surface area (Å²) in [6.07, 6.45) is 4.60. The molecule has 21 heavy (non-hydrogen) atoms. The molecule has 0 spiro atoms. The molecule has 0 aliphatic carbocycles. The Morgan fingerprint density at radius 1 is 1.52 bits per heavy atom. The summed E-state index contributed by atoms with van der Waals surface area (Å²) in [7, 11) is 1.69. The van der Waals surface area contributed by atoms with Crippen LogP contribution < -0.4 is 10.6 Å². The Kier molecular flexibility index (Phi) is 6.99. The molecule has 2 heterocycles. The third-order valence-electron chi connectivity index (χ3n) is 3.93. The van der Waals surface area contributed by atoms with Crippen LogP contribution in [0.4, 0.5) is 0 Å². The molecular weight excluding hydrogens is 268 g/mol. The molecule has 2 saturated heterocycles. The van der Waals surface area contributed by atoms with E-state index in [1.54, 1.807) is 7.11 Å². The Morgan fingerprint density at radius 2 is 2.43 bits per heavy atom. The van der Waals surface area contributed by atoms with E-state index >= 15 is 0 Å². The summed E-state index contributed by atoms with van der Waals surface area (Å²) in [6, 6.07) is 0.642. The van der Waals surface area contributed by atoms with Gasteiger partial charge in [0.25, 0.3) is 0 Å². The first-order valence-electron chi connectivity index (χ1n) is 7.81. The number of aliphatic imine (C=N–C) groups is 1. The van der Waals surface area contributed by atoms with Gasteiger partial charge in [0.1, 0.15) is 0 Å². The summed E-state index contributed by atoms with van der Waals surface area (Å²) in [5, 5.41) is 6.45. The molecule has 0 unspecified atom stereocenters. The smallest absolute Gasteiger partial charge is 0.191 e. The molecule has 0 radical (unpaired) electrons. The third-order valence-corrected chi connectivity index (χ3v) is 3.93. The maximum atomic E-state index is 5.92. The number of nitrogens with zero attached hydrogens (tertiary/aromatic N) is 2. The Labute approximate surface area is 127 Å². The predicted octanol–water partition coefficient (Wildman–Crippen LogP) is 0.217. The number of rotatable bonds is 7. The van der Waals surface area contributed by atoms with Gasteiger partial charge in [-0.2, -0.15) is 0 Å². The van der Waals surface area contributed by atoms with Crippen LogP contribution in [0, 0.1) is 0 Å². The average molecular weight is 296 g/mol. The fourth-order valence-corrected chi connectivity index (χ4v) is 2.80. The first kappa shape index (κ1) is 16.3. The van der Waals surface area contributed by atoms with Crippen molar-refractivity contribution < 1.29 is 9.47 Å². The van der Waals surface area contributed by atoms with Gasteiger partial charge in [-0.15, -0.1) is 6.58 Å². The van der Waals surface area contributed by atoms with Crippen LogP contribution in [0.2, 0.25) is 0 Å². The van der Waals surface area contributed by atoms with E-state index in [0.717, 1.165) is 25.7 Å². The Morgan fingerprint density at radius 3 is 3.24 bits per heavy atom. The van der Waals surface area contributed by atoms with Crippen molar-refractivity contribution in [1.29, 1.82) is 0 Å². The van der Waals surface area contributed by atoms with Crippen LogP contribution in [0.15, 0.2) is 17.6 Å². The Balaban J connectivity index is 1.78. The second-order valence-electron chi connectivity index (χ2n) is 5.52. The highest BCUT2D eigenvalue weighted by atomic mass is 16.5. The number of guanidine groups is 1. The van der Waals surface area contributed by atoms with Crippen molar-refractivity contribution in [3.05, 3.63) is 12.7 Å². The number of hydrogen-bond acceptors (Lipinski definition) is 4. The first-order chi connectivity index (χ1) is 10.3. The highest BCUT2D eigenvalue weighted by Crippen LogP contribution is 2.22. The third kappa shape index (κ3) is 5.30. The fraction of sp³-hybridized carbons (Fsp3) is 0.800. The number of fused-ring (bicyclic) bond motifs is 1. The summed E-state index contributed by atoms with van der Waals surface area (Å²) in [5.74, 6) is 0.791. The van der Waals surface area contributed by atoms with E-state index in [1.165, 1.54) is 19.4 Å². The summed E-state index contributed by atoms with van der Waals surface area (Å²) in [4.78, 5) is 7.15. The second kappa shape index (κ2) is 9.02. The molecule has 0 aromatic rings. The molecule has 120 valence electrons. The summed E-state index contributed by atoms with van der Waals surface area (Å²) in [5.41, 5.74) is 0. The van der Waals surface area contributed by atoms with Gasteiger partial charge < -0.3 is 20.1 Å². The largest absolute Gasteiger partial charge is 0.383 e. The maximum absolute atomic E-state index is 5.92. The van der Waals surface area contributed by atoms with Crippen molar-refractivity contribution in [1.82, 2.24) is 15.5 Å².